The van der Waals surface area contributed by atoms with Crippen molar-refractivity contribution in [2.75, 3.05) is 25.4 Å². The molecule has 0 saturated carbocycles. The summed E-state index contributed by atoms with van der Waals surface area (Å²) in [6.45, 7) is 27.4. The van der Waals surface area contributed by atoms with E-state index in [1.807, 2.05) is 18.2 Å². The van der Waals surface area contributed by atoms with Gasteiger partial charge in [-0.05, 0) is 41.8 Å². The first-order valence-electron chi connectivity index (χ1n) is 14.2. The lowest BCUT2D eigenvalue weighted by molar-refractivity contribution is -0.135. The molecule has 0 spiro atoms. The van der Waals surface area contributed by atoms with Crippen LogP contribution < -0.4 is 10.6 Å². The van der Waals surface area contributed by atoms with Gasteiger partial charge in [0.25, 0.3) is 0 Å². The fraction of sp³-hybridized carbons (Fsp3) is 0.733. The van der Waals surface area contributed by atoms with Crippen LogP contribution in [0.1, 0.15) is 67.4 Å². The van der Waals surface area contributed by atoms with Gasteiger partial charge in [0.15, 0.2) is 16.6 Å². The van der Waals surface area contributed by atoms with E-state index in [4.69, 9.17) is 8.85 Å². The van der Waals surface area contributed by atoms with Gasteiger partial charge in [0.1, 0.15) is 6.10 Å². The standard InChI is InChI=1S/C30H56N2O4SSi2/c1-28(2,3)38(9,10)35-23-30(7,8)26(36-39(11,12)29(4,5)6)27(34)32-19-18-25(33)31-20-21-37-22-24-16-14-13-15-17-24/h13-17,26H,18-23H2,1-12H3,(H,31,33)(H,32,34)/t26-/m0/s1. The number of amides is 2. The average Bonchev–Trinajstić information content (AvgIpc) is 2.80. The SMILES string of the molecule is CC(C)(CO[Si](C)(C)C(C)(C)C)[C@@H](O[Si](C)(C)C(C)(C)C)C(=O)NCCC(=O)NCCSCc1ccccc1. The number of carbonyl (C=O) groups is 2. The van der Waals surface area contributed by atoms with E-state index in [1.54, 1.807) is 11.8 Å². The monoisotopic (exact) mass is 596 g/mol. The van der Waals surface area contributed by atoms with Crippen LogP contribution in [0.4, 0.5) is 0 Å². The van der Waals surface area contributed by atoms with E-state index in [0.717, 1.165) is 11.5 Å². The molecule has 0 aliphatic carbocycles. The summed E-state index contributed by atoms with van der Waals surface area (Å²) in [6.07, 6.45) is -0.427. The Morgan fingerprint density at radius 1 is 0.846 bits per heavy atom. The summed E-state index contributed by atoms with van der Waals surface area (Å²) in [4.78, 5) is 25.9. The molecule has 2 N–H and O–H groups in total. The average molecular weight is 597 g/mol. The fourth-order valence-corrected chi connectivity index (χ4v) is 6.56. The lowest BCUT2D eigenvalue weighted by Crippen LogP contribution is -2.56. The van der Waals surface area contributed by atoms with Crippen LogP contribution in [-0.2, 0) is 24.2 Å². The van der Waals surface area contributed by atoms with Gasteiger partial charge in [-0.1, -0.05) is 85.7 Å². The summed E-state index contributed by atoms with van der Waals surface area (Å²) in [6, 6.07) is 10.3. The number of hydrogen-bond donors (Lipinski definition) is 2. The Balaban J connectivity index is 2.71. The van der Waals surface area contributed by atoms with Crippen LogP contribution in [0.5, 0.6) is 0 Å². The van der Waals surface area contributed by atoms with Gasteiger partial charge in [-0.25, -0.2) is 0 Å². The van der Waals surface area contributed by atoms with Crippen LogP contribution in [0.2, 0.25) is 36.3 Å². The van der Waals surface area contributed by atoms with Crippen LogP contribution in [0, 0.1) is 5.41 Å². The van der Waals surface area contributed by atoms with Gasteiger partial charge >= 0.3 is 0 Å². The van der Waals surface area contributed by atoms with E-state index in [9.17, 15) is 9.59 Å². The van der Waals surface area contributed by atoms with Crippen LogP contribution >= 0.6 is 11.8 Å². The molecule has 9 heteroatoms. The van der Waals surface area contributed by atoms with E-state index in [-0.39, 0.29) is 34.9 Å². The molecular formula is C30H56N2O4SSi2. The van der Waals surface area contributed by atoms with Crippen LogP contribution in [0.15, 0.2) is 30.3 Å². The molecule has 0 fully saturated rings. The maximum Gasteiger partial charge on any atom is 0.248 e. The quantitative estimate of drug-likeness (QED) is 0.169. The van der Waals surface area contributed by atoms with Gasteiger partial charge in [0.05, 0.1) is 0 Å². The van der Waals surface area contributed by atoms with Crippen molar-refractivity contribution in [3.05, 3.63) is 35.9 Å². The normalized spacial score (nSPS) is 14.2. The summed E-state index contributed by atoms with van der Waals surface area (Å²) in [5.41, 5.74) is 0.747. The Morgan fingerprint density at radius 3 is 1.95 bits per heavy atom. The molecule has 0 saturated heterocycles. The van der Waals surface area contributed by atoms with Crippen molar-refractivity contribution in [1.29, 1.82) is 0 Å². The van der Waals surface area contributed by atoms with Crippen molar-refractivity contribution < 1.29 is 18.4 Å². The molecular weight excluding hydrogens is 541 g/mol. The van der Waals surface area contributed by atoms with Crippen molar-refractivity contribution in [1.82, 2.24) is 10.6 Å². The lowest BCUT2D eigenvalue weighted by Gasteiger charge is -2.45. The Labute approximate surface area is 245 Å². The summed E-state index contributed by atoms with van der Waals surface area (Å²) in [5.74, 6) is 1.54. The fourth-order valence-electron chi connectivity index (χ4n) is 3.21. The van der Waals surface area contributed by atoms with Crippen molar-refractivity contribution in [2.24, 2.45) is 5.41 Å². The first-order chi connectivity index (χ1) is 17.7. The van der Waals surface area contributed by atoms with Crippen LogP contribution in [-0.4, -0.2) is 60.0 Å². The summed E-state index contributed by atoms with van der Waals surface area (Å²) in [5, 5.41) is 5.99. The maximum absolute atomic E-state index is 13.5. The zero-order valence-corrected chi connectivity index (χ0v) is 29.6. The summed E-state index contributed by atoms with van der Waals surface area (Å²) >= 11 is 1.79. The highest BCUT2D eigenvalue weighted by Gasteiger charge is 2.47. The first-order valence-corrected chi connectivity index (χ1v) is 21.1. The Kier molecular flexibility index (Phi) is 13.5. The Bertz CT molecular complexity index is 910. The van der Waals surface area contributed by atoms with Gasteiger partial charge in [-0.2, -0.15) is 11.8 Å². The Morgan fingerprint density at radius 2 is 1.41 bits per heavy atom. The highest BCUT2D eigenvalue weighted by atomic mass is 32.2. The van der Waals surface area contributed by atoms with Gasteiger partial charge in [-0.3, -0.25) is 9.59 Å². The smallest absolute Gasteiger partial charge is 0.248 e. The van der Waals surface area contributed by atoms with Gasteiger partial charge in [0, 0.05) is 43.0 Å². The number of rotatable bonds is 15. The molecule has 224 valence electrons. The molecule has 0 aromatic heterocycles. The van der Waals surface area contributed by atoms with Crippen molar-refractivity contribution in [3.63, 3.8) is 0 Å². The molecule has 0 bridgehead atoms. The van der Waals surface area contributed by atoms with Crippen molar-refractivity contribution in [3.8, 4) is 0 Å². The number of nitrogens with one attached hydrogen (secondary N) is 2. The molecule has 1 rings (SSSR count). The minimum Gasteiger partial charge on any atom is -0.416 e. The minimum absolute atomic E-state index is 0.0414. The molecule has 0 aliphatic heterocycles. The van der Waals surface area contributed by atoms with Gasteiger partial charge in [0.2, 0.25) is 11.8 Å². The Hall–Kier alpha value is -1.14. The number of hydrogen-bond acceptors (Lipinski definition) is 5. The van der Waals surface area contributed by atoms with Gasteiger partial charge < -0.3 is 19.5 Å². The molecule has 1 aromatic rings. The first kappa shape index (κ1) is 35.9. The third-order valence-electron chi connectivity index (χ3n) is 8.11. The topological polar surface area (TPSA) is 76.7 Å². The molecule has 1 aromatic carbocycles. The number of benzene rings is 1. The molecule has 1 atom stereocenters. The molecule has 0 unspecified atom stereocenters. The molecule has 0 aliphatic rings. The third-order valence-corrected chi connectivity index (χ3v) is 18.1. The van der Waals surface area contributed by atoms with Crippen LogP contribution in [0.25, 0.3) is 0 Å². The predicted octanol–water partition coefficient (Wildman–Crippen LogP) is 6.98. The molecule has 39 heavy (non-hydrogen) atoms. The summed E-state index contributed by atoms with van der Waals surface area (Å²) < 4.78 is 13.3. The number of carbonyl (C=O) groups excluding carboxylic acids is 2. The van der Waals surface area contributed by atoms with Crippen LogP contribution in [0.3, 0.4) is 0 Å². The lowest BCUT2D eigenvalue weighted by atomic mass is 9.87. The molecule has 0 heterocycles. The largest absolute Gasteiger partial charge is 0.416 e. The van der Waals surface area contributed by atoms with E-state index in [0.29, 0.717) is 13.2 Å². The zero-order valence-electron chi connectivity index (χ0n) is 26.7. The van der Waals surface area contributed by atoms with E-state index in [2.05, 4.69) is 104 Å². The van der Waals surface area contributed by atoms with Gasteiger partial charge in [-0.15, -0.1) is 0 Å². The third kappa shape index (κ3) is 12.1. The summed E-state index contributed by atoms with van der Waals surface area (Å²) in [7, 11) is -4.25. The molecule has 2 amide bonds. The predicted molar refractivity (Wildman–Crippen MR) is 172 cm³/mol. The van der Waals surface area contributed by atoms with Crippen molar-refractivity contribution >= 4 is 40.2 Å². The van der Waals surface area contributed by atoms with E-state index < -0.39 is 28.2 Å². The highest BCUT2D eigenvalue weighted by molar-refractivity contribution is 7.98. The van der Waals surface area contributed by atoms with E-state index in [1.165, 1.54) is 5.56 Å². The zero-order chi connectivity index (χ0) is 30.1. The molecule has 6 nitrogen and oxygen atoms in total. The second-order valence-corrected chi connectivity index (χ2v) is 24.9. The minimum atomic E-state index is -2.25. The highest BCUT2D eigenvalue weighted by Crippen LogP contribution is 2.41. The van der Waals surface area contributed by atoms with E-state index >= 15 is 0 Å². The number of thioether (sulfide) groups is 1. The maximum atomic E-state index is 13.5. The molecule has 0 radical (unpaired) electrons. The van der Waals surface area contributed by atoms with Crippen molar-refractivity contribution in [2.45, 2.75) is 110 Å². The second-order valence-electron chi connectivity index (χ2n) is 14.2. The second kappa shape index (κ2) is 14.7.